The standard InChI is InChI=1S/C14H14O4/c15-13(16)11-5-1-2-6-9(5)10-7(11)3-4-8(10)12(6)14(17)18/h1-12H,(H,15,16)(H,17,18)/t5-,6-,7-,8+,9?,10?,11?,12?/m1/s1. The SMILES string of the molecule is O=C(O)C1[C@H]2C=C[C@H]3C(C(=O)O)[C@@H]4C=C[C@@H]1C4C23. The zero-order valence-corrected chi connectivity index (χ0v) is 9.64. The number of carboxylic acids is 2. The molecule has 4 nitrogen and oxygen atoms in total. The van der Waals surface area contributed by atoms with Gasteiger partial charge in [-0.05, 0) is 35.5 Å². The molecule has 0 aromatic heterocycles. The van der Waals surface area contributed by atoms with E-state index in [4.69, 9.17) is 0 Å². The third kappa shape index (κ3) is 0.945. The first-order chi connectivity index (χ1) is 8.61. The quantitative estimate of drug-likeness (QED) is 0.719. The van der Waals surface area contributed by atoms with Crippen LogP contribution in [0.4, 0.5) is 0 Å². The van der Waals surface area contributed by atoms with Crippen LogP contribution in [0, 0.1) is 47.3 Å². The molecule has 0 bridgehead atoms. The monoisotopic (exact) mass is 246 g/mol. The number of allylic oxidation sites excluding steroid dienone is 4. The summed E-state index contributed by atoms with van der Waals surface area (Å²) in [5.41, 5.74) is 0. The fourth-order valence-electron chi connectivity index (χ4n) is 5.17. The van der Waals surface area contributed by atoms with Crippen molar-refractivity contribution in [3.05, 3.63) is 24.3 Å². The van der Waals surface area contributed by atoms with Gasteiger partial charge >= 0.3 is 11.9 Å². The average Bonchev–Trinajstić information content (AvgIpc) is 2.95. The van der Waals surface area contributed by atoms with Gasteiger partial charge < -0.3 is 10.2 Å². The number of carboxylic acid groups (broad SMARTS) is 2. The molecule has 0 aromatic carbocycles. The Morgan fingerprint density at radius 3 is 1.17 bits per heavy atom. The molecule has 0 aromatic rings. The number of carbonyl (C=O) groups is 2. The first-order valence-electron chi connectivity index (χ1n) is 6.43. The van der Waals surface area contributed by atoms with E-state index in [9.17, 15) is 19.8 Å². The summed E-state index contributed by atoms with van der Waals surface area (Å²) in [5.74, 6) is -1.54. The van der Waals surface area contributed by atoms with E-state index in [0.717, 1.165) is 0 Å². The maximum atomic E-state index is 11.4. The molecular weight excluding hydrogens is 232 g/mol. The number of aliphatic carboxylic acids is 2. The smallest absolute Gasteiger partial charge is 0.307 e. The molecule has 8 atom stereocenters. The summed E-state index contributed by atoms with van der Waals surface area (Å²) < 4.78 is 0. The van der Waals surface area contributed by atoms with Crippen LogP contribution in [0.15, 0.2) is 24.3 Å². The molecule has 0 heterocycles. The van der Waals surface area contributed by atoms with Crippen molar-refractivity contribution in [1.82, 2.24) is 0 Å². The minimum absolute atomic E-state index is 0.0410. The van der Waals surface area contributed by atoms with E-state index in [1.54, 1.807) is 0 Å². The summed E-state index contributed by atoms with van der Waals surface area (Å²) >= 11 is 0. The second-order valence-electron chi connectivity index (χ2n) is 5.96. The van der Waals surface area contributed by atoms with E-state index in [-0.39, 0.29) is 47.3 Å². The minimum Gasteiger partial charge on any atom is -0.481 e. The Hall–Kier alpha value is -1.58. The van der Waals surface area contributed by atoms with Crippen molar-refractivity contribution < 1.29 is 19.8 Å². The van der Waals surface area contributed by atoms with Crippen LogP contribution in [0.3, 0.4) is 0 Å². The molecule has 0 radical (unpaired) electrons. The van der Waals surface area contributed by atoms with Crippen molar-refractivity contribution in [2.75, 3.05) is 0 Å². The second-order valence-corrected chi connectivity index (χ2v) is 5.96. The molecule has 4 unspecified atom stereocenters. The average molecular weight is 246 g/mol. The lowest BCUT2D eigenvalue weighted by Gasteiger charge is -2.19. The minimum atomic E-state index is -0.734. The van der Waals surface area contributed by atoms with E-state index in [1.165, 1.54) is 0 Å². The molecule has 0 saturated heterocycles. The summed E-state index contributed by atoms with van der Waals surface area (Å²) in [4.78, 5) is 22.9. The molecule has 2 fully saturated rings. The number of hydrogen-bond acceptors (Lipinski definition) is 2. The highest BCUT2D eigenvalue weighted by Gasteiger charge is 2.67. The molecule has 4 rings (SSSR count). The van der Waals surface area contributed by atoms with Gasteiger partial charge in [0.15, 0.2) is 0 Å². The molecule has 0 amide bonds. The summed E-state index contributed by atoms with van der Waals surface area (Å²) in [7, 11) is 0. The van der Waals surface area contributed by atoms with Crippen LogP contribution < -0.4 is 0 Å². The van der Waals surface area contributed by atoms with Crippen LogP contribution in [0.5, 0.6) is 0 Å². The van der Waals surface area contributed by atoms with Gasteiger partial charge in [0.05, 0.1) is 11.8 Å². The van der Waals surface area contributed by atoms with Crippen molar-refractivity contribution >= 4 is 11.9 Å². The first kappa shape index (κ1) is 10.4. The lowest BCUT2D eigenvalue weighted by atomic mass is 9.83. The van der Waals surface area contributed by atoms with Gasteiger partial charge in [-0.1, -0.05) is 24.3 Å². The highest BCUT2D eigenvalue weighted by molar-refractivity contribution is 5.76. The van der Waals surface area contributed by atoms with E-state index in [0.29, 0.717) is 0 Å². The third-order valence-corrected chi connectivity index (χ3v) is 5.56. The molecule has 2 saturated carbocycles. The summed E-state index contributed by atoms with van der Waals surface area (Å²) in [6.07, 6.45) is 7.86. The highest BCUT2D eigenvalue weighted by Crippen LogP contribution is 2.67. The Morgan fingerprint density at radius 1 is 0.667 bits per heavy atom. The van der Waals surface area contributed by atoms with Crippen LogP contribution in [-0.2, 0) is 9.59 Å². The van der Waals surface area contributed by atoms with Crippen LogP contribution in [0.1, 0.15) is 0 Å². The largest absolute Gasteiger partial charge is 0.481 e. The molecule has 4 aliphatic carbocycles. The van der Waals surface area contributed by atoms with Gasteiger partial charge in [0, 0.05) is 0 Å². The van der Waals surface area contributed by atoms with Crippen molar-refractivity contribution in [2.45, 2.75) is 0 Å². The van der Waals surface area contributed by atoms with E-state index in [2.05, 4.69) is 0 Å². The van der Waals surface area contributed by atoms with Crippen LogP contribution >= 0.6 is 0 Å². The predicted octanol–water partition coefficient (Wildman–Crippen LogP) is 1.25. The fraction of sp³-hybridized carbons (Fsp3) is 0.571. The molecule has 2 N–H and O–H groups in total. The predicted molar refractivity (Wildman–Crippen MR) is 61.5 cm³/mol. The summed E-state index contributed by atoms with van der Waals surface area (Å²) in [6, 6.07) is 0. The molecule has 0 aliphatic heterocycles. The van der Waals surface area contributed by atoms with Crippen LogP contribution in [0.2, 0.25) is 0 Å². The zero-order chi connectivity index (χ0) is 12.6. The van der Waals surface area contributed by atoms with Gasteiger partial charge in [0.25, 0.3) is 0 Å². The van der Waals surface area contributed by atoms with Gasteiger partial charge in [0.2, 0.25) is 0 Å². The zero-order valence-electron chi connectivity index (χ0n) is 9.64. The molecule has 18 heavy (non-hydrogen) atoms. The molecule has 94 valence electrons. The first-order valence-corrected chi connectivity index (χ1v) is 6.43. The lowest BCUT2D eigenvalue weighted by molar-refractivity contribution is -0.144. The molecule has 4 heteroatoms. The maximum absolute atomic E-state index is 11.4. The second kappa shape index (κ2) is 3.05. The van der Waals surface area contributed by atoms with E-state index in [1.807, 2.05) is 24.3 Å². The molecular formula is C14H14O4. The Bertz CT molecular complexity index is 432. The van der Waals surface area contributed by atoms with Crippen molar-refractivity contribution in [3.8, 4) is 0 Å². The third-order valence-electron chi connectivity index (χ3n) is 5.56. The Labute approximate surface area is 104 Å². The van der Waals surface area contributed by atoms with Crippen molar-refractivity contribution in [3.63, 3.8) is 0 Å². The Morgan fingerprint density at radius 2 is 0.944 bits per heavy atom. The van der Waals surface area contributed by atoms with E-state index < -0.39 is 11.9 Å². The van der Waals surface area contributed by atoms with Crippen molar-refractivity contribution in [1.29, 1.82) is 0 Å². The topological polar surface area (TPSA) is 74.6 Å². The number of rotatable bonds is 2. The van der Waals surface area contributed by atoms with Crippen molar-refractivity contribution in [2.24, 2.45) is 47.3 Å². The molecule has 4 aliphatic rings. The Balaban J connectivity index is 1.82. The summed E-state index contributed by atoms with van der Waals surface area (Å²) in [6.45, 7) is 0. The van der Waals surface area contributed by atoms with Crippen LogP contribution in [0.25, 0.3) is 0 Å². The van der Waals surface area contributed by atoms with Gasteiger partial charge in [-0.25, -0.2) is 0 Å². The molecule has 0 spiro atoms. The van der Waals surface area contributed by atoms with Crippen LogP contribution in [-0.4, -0.2) is 22.2 Å². The lowest BCUT2D eigenvalue weighted by Crippen LogP contribution is -2.28. The summed E-state index contributed by atoms with van der Waals surface area (Å²) in [5, 5.41) is 18.8. The number of hydrogen-bond donors (Lipinski definition) is 2. The Kier molecular flexibility index (Phi) is 1.75. The fourth-order valence-corrected chi connectivity index (χ4v) is 5.17. The van der Waals surface area contributed by atoms with Gasteiger partial charge in [-0.2, -0.15) is 0 Å². The van der Waals surface area contributed by atoms with Gasteiger partial charge in [-0.15, -0.1) is 0 Å². The maximum Gasteiger partial charge on any atom is 0.307 e. The van der Waals surface area contributed by atoms with Gasteiger partial charge in [-0.3, -0.25) is 9.59 Å². The van der Waals surface area contributed by atoms with Gasteiger partial charge in [0.1, 0.15) is 0 Å². The highest BCUT2D eigenvalue weighted by atomic mass is 16.4. The van der Waals surface area contributed by atoms with E-state index >= 15 is 0 Å². The normalized spacial score (nSPS) is 54.0.